The molecule has 0 radical (unpaired) electrons. The Morgan fingerprint density at radius 1 is 1.30 bits per heavy atom. The second kappa shape index (κ2) is 2.40. The van der Waals surface area contributed by atoms with Gasteiger partial charge in [-0.2, -0.15) is 0 Å². The van der Waals surface area contributed by atoms with Gasteiger partial charge in [0.15, 0.2) is 0 Å². The lowest BCUT2D eigenvalue weighted by Crippen LogP contribution is -2.40. The Bertz CT molecular complexity index is 156. The number of Topliss-reactive ketones (excluding diaryl/α,β-unsaturated/α-hetero) is 1. The minimum Gasteiger partial charge on any atom is -0.369 e. The lowest BCUT2D eigenvalue weighted by molar-refractivity contribution is -0.136. The number of hydrogen-bond acceptors (Lipinski definition) is 2. The van der Waals surface area contributed by atoms with Gasteiger partial charge in [-0.3, -0.25) is 9.59 Å². The van der Waals surface area contributed by atoms with Crippen LogP contribution in [0.25, 0.3) is 0 Å². The second-order valence-electron chi connectivity index (χ2n) is 2.80. The van der Waals surface area contributed by atoms with E-state index in [1.165, 1.54) is 6.92 Å². The normalized spacial score (nSPS) is 30.9. The fourth-order valence-corrected chi connectivity index (χ4v) is 1.33. The minimum atomic E-state index is -0.327. The first-order valence-electron chi connectivity index (χ1n) is 3.42. The summed E-state index contributed by atoms with van der Waals surface area (Å²) < 4.78 is 0. The number of amides is 1. The summed E-state index contributed by atoms with van der Waals surface area (Å²) in [6, 6.07) is 0. The van der Waals surface area contributed by atoms with Crippen molar-refractivity contribution < 1.29 is 9.59 Å². The Morgan fingerprint density at radius 2 is 1.80 bits per heavy atom. The Balaban J connectivity index is 2.51. The molecule has 1 rings (SSSR count). The number of primary amides is 1. The number of rotatable bonds is 2. The summed E-state index contributed by atoms with van der Waals surface area (Å²) in [6.07, 6.45) is 1.63. The van der Waals surface area contributed by atoms with E-state index < -0.39 is 0 Å². The first-order valence-corrected chi connectivity index (χ1v) is 3.42. The van der Waals surface area contributed by atoms with Crippen LogP contribution in [0.1, 0.15) is 19.8 Å². The average molecular weight is 141 g/mol. The molecule has 2 N–H and O–H groups in total. The molecule has 3 heteroatoms. The zero-order valence-electron chi connectivity index (χ0n) is 5.96. The van der Waals surface area contributed by atoms with Crippen molar-refractivity contribution in [3.63, 3.8) is 0 Å². The fourth-order valence-electron chi connectivity index (χ4n) is 1.33. The van der Waals surface area contributed by atoms with Gasteiger partial charge in [-0.25, -0.2) is 0 Å². The monoisotopic (exact) mass is 141 g/mol. The molecule has 10 heavy (non-hydrogen) atoms. The van der Waals surface area contributed by atoms with E-state index in [0.29, 0.717) is 0 Å². The molecule has 0 aromatic rings. The van der Waals surface area contributed by atoms with Crippen molar-refractivity contribution in [2.45, 2.75) is 19.8 Å². The van der Waals surface area contributed by atoms with Crippen molar-refractivity contribution in [2.75, 3.05) is 0 Å². The number of carbonyl (C=O) groups is 2. The van der Waals surface area contributed by atoms with Crippen LogP contribution in [0.4, 0.5) is 0 Å². The van der Waals surface area contributed by atoms with Gasteiger partial charge in [0.05, 0.1) is 0 Å². The Labute approximate surface area is 59.6 Å². The molecule has 1 aliphatic carbocycles. The number of nitrogens with two attached hydrogens (primary N) is 1. The third-order valence-electron chi connectivity index (χ3n) is 2.16. The van der Waals surface area contributed by atoms with Crippen molar-refractivity contribution in [1.82, 2.24) is 0 Å². The highest BCUT2D eigenvalue weighted by Gasteiger charge is 2.37. The molecule has 56 valence electrons. The molecule has 2 atom stereocenters. The standard InChI is InChI=1S/C7H11NO2/c1-4(9)5-2-3-6(5)7(8)10/h5-6H,2-3H2,1H3,(H2,8,10)/t5-,6+/m0/s1. The molecule has 1 amide bonds. The van der Waals surface area contributed by atoms with Crippen molar-refractivity contribution in [2.24, 2.45) is 17.6 Å². The highest BCUT2D eigenvalue weighted by Crippen LogP contribution is 2.34. The summed E-state index contributed by atoms with van der Waals surface area (Å²) in [5.74, 6) is -0.475. The highest BCUT2D eigenvalue weighted by atomic mass is 16.1. The van der Waals surface area contributed by atoms with Crippen LogP contribution in [-0.2, 0) is 9.59 Å². The van der Waals surface area contributed by atoms with E-state index in [4.69, 9.17) is 5.73 Å². The van der Waals surface area contributed by atoms with Gasteiger partial charge in [0.25, 0.3) is 0 Å². The van der Waals surface area contributed by atoms with Crippen molar-refractivity contribution in [3.8, 4) is 0 Å². The maximum atomic E-state index is 10.7. The second-order valence-corrected chi connectivity index (χ2v) is 2.80. The van der Waals surface area contributed by atoms with E-state index in [9.17, 15) is 9.59 Å². The van der Waals surface area contributed by atoms with E-state index >= 15 is 0 Å². The Kier molecular flexibility index (Phi) is 1.74. The summed E-state index contributed by atoms with van der Waals surface area (Å²) in [5.41, 5.74) is 5.03. The molecular weight excluding hydrogens is 130 g/mol. The van der Waals surface area contributed by atoms with Gasteiger partial charge in [-0.1, -0.05) is 0 Å². The molecule has 1 aliphatic rings. The lowest BCUT2D eigenvalue weighted by Gasteiger charge is -2.31. The van der Waals surface area contributed by atoms with Crippen LogP contribution in [0.15, 0.2) is 0 Å². The predicted molar refractivity (Wildman–Crippen MR) is 36.1 cm³/mol. The smallest absolute Gasteiger partial charge is 0.221 e. The van der Waals surface area contributed by atoms with E-state index in [1.54, 1.807) is 0 Å². The van der Waals surface area contributed by atoms with Gasteiger partial charge in [0.1, 0.15) is 5.78 Å². The maximum absolute atomic E-state index is 10.7. The Morgan fingerprint density at radius 3 is 1.90 bits per heavy atom. The van der Waals surface area contributed by atoms with Crippen molar-refractivity contribution >= 4 is 11.7 Å². The maximum Gasteiger partial charge on any atom is 0.221 e. The average Bonchev–Trinajstić information content (AvgIpc) is 1.56. The molecule has 0 bridgehead atoms. The van der Waals surface area contributed by atoms with E-state index in [0.717, 1.165) is 12.8 Å². The molecule has 0 heterocycles. The first-order chi connectivity index (χ1) is 4.63. The third kappa shape index (κ3) is 1.03. The molecule has 3 nitrogen and oxygen atoms in total. The van der Waals surface area contributed by atoms with Crippen LogP contribution in [-0.4, -0.2) is 11.7 Å². The molecule has 1 fully saturated rings. The third-order valence-corrected chi connectivity index (χ3v) is 2.16. The number of ketones is 1. The van der Waals surface area contributed by atoms with Crippen LogP contribution in [0.3, 0.4) is 0 Å². The molecule has 0 saturated heterocycles. The van der Waals surface area contributed by atoms with E-state index in [1.807, 2.05) is 0 Å². The largest absolute Gasteiger partial charge is 0.369 e. The van der Waals surface area contributed by atoms with Gasteiger partial charge in [0, 0.05) is 11.8 Å². The summed E-state index contributed by atoms with van der Waals surface area (Å²) in [5, 5.41) is 0. The van der Waals surface area contributed by atoms with Crippen LogP contribution < -0.4 is 5.73 Å². The molecule has 1 saturated carbocycles. The summed E-state index contributed by atoms with van der Waals surface area (Å²) in [4.78, 5) is 21.3. The quantitative estimate of drug-likeness (QED) is 0.592. The molecule has 0 aromatic heterocycles. The van der Waals surface area contributed by atoms with Crippen molar-refractivity contribution in [3.05, 3.63) is 0 Å². The molecule has 0 aromatic carbocycles. The summed E-state index contributed by atoms with van der Waals surface area (Å²) in [6.45, 7) is 1.51. The van der Waals surface area contributed by atoms with E-state index in [-0.39, 0.29) is 23.5 Å². The molecule has 0 unspecified atom stereocenters. The number of carbonyl (C=O) groups excluding carboxylic acids is 2. The van der Waals surface area contributed by atoms with E-state index in [2.05, 4.69) is 0 Å². The van der Waals surface area contributed by atoms with Gasteiger partial charge in [0.2, 0.25) is 5.91 Å². The fraction of sp³-hybridized carbons (Fsp3) is 0.714. The first kappa shape index (κ1) is 7.25. The predicted octanol–water partition coefficient (Wildman–Crippen LogP) is 0.0869. The van der Waals surface area contributed by atoms with Crippen LogP contribution in [0.2, 0.25) is 0 Å². The summed E-state index contributed by atoms with van der Waals surface area (Å²) in [7, 11) is 0. The van der Waals surface area contributed by atoms with Crippen LogP contribution in [0, 0.1) is 11.8 Å². The molecular formula is C7H11NO2. The van der Waals surface area contributed by atoms with Crippen LogP contribution in [0.5, 0.6) is 0 Å². The number of hydrogen-bond donors (Lipinski definition) is 1. The van der Waals surface area contributed by atoms with Crippen LogP contribution >= 0.6 is 0 Å². The topological polar surface area (TPSA) is 60.2 Å². The SMILES string of the molecule is CC(=O)[C@@H]1CC[C@H]1C(N)=O. The molecule has 0 spiro atoms. The lowest BCUT2D eigenvalue weighted by atomic mass is 9.71. The minimum absolute atomic E-state index is 0.0718. The Hall–Kier alpha value is -0.860. The zero-order valence-corrected chi connectivity index (χ0v) is 5.96. The van der Waals surface area contributed by atoms with Crippen molar-refractivity contribution in [1.29, 1.82) is 0 Å². The zero-order chi connectivity index (χ0) is 7.72. The van der Waals surface area contributed by atoms with Gasteiger partial charge in [-0.15, -0.1) is 0 Å². The summed E-state index contributed by atoms with van der Waals surface area (Å²) >= 11 is 0. The molecule has 0 aliphatic heterocycles. The van der Waals surface area contributed by atoms with Gasteiger partial charge >= 0.3 is 0 Å². The van der Waals surface area contributed by atoms with Gasteiger partial charge < -0.3 is 5.73 Å². The van der Waals surface area contributed by atoms with Gasteiger partial charge in [-0.05, 0) is 19.8 Å². The highest BCUT2D eigenvalue weighted by molar-refractivity contribution is 5.88.